The summed E-state index contributed by atoms with van der Waals surface area (Å²) in [7, 11) is 0. The normalized spacial score (nSPS) is 13.1. The number of rotatable bonds is 40. The van der Waals surface area contributed by atoms with E-state index in [9.17, 15) is 0 Å². The second-order valence-corrected chi connectivity index (χ2v) is 15.4. The lowest BCUT2D eigenvalue weighted by atomic mass is 9.82. The van der Waals surface area contributed by atoms with Crippen molar-refractivity contribution in [2.24, 2.45) is 17.6 Å². The maximum absolute atomic E-state index is 6.22. The Morgan fingerprint density at radius 3 is 0.644 bits per heavy atom. The Kier molecular flexibility index (Phi) is 40.1. The molecule has 2 atom stereocenters. The molecule has 0 amide bonds. The molecule has 0 rings (SSSR count). The first-order valence-electron chi connectivity index (χ1n) is 22.0. The molecule has 45 heavy (non-hydrogen) atoms. The molecule has 0 saturated carbocycles. The van der Waals surface area contributed by atoms with Crippen LogP contribution in [0.1, 0.15) is 265 Å². The van der Waals surface area contributed by atoms with Crippen molar-refractivity contribution in [3.05, 3.63) is 0 Å². The standard InChI is InChI=1S/C44H91N/c1-4-7-9-11-13-15-17-19-21-23-24-25-27-29-31-33-35-37-39-41-44(43(6-3)42-45)40-38-36-34-32-30-28-26-22-20-18-16-14-12-10-8-5-2/h43-44H,4-42,45H2,1-3H3. The van der Waals surface area contributed by atoms with Gasteiger partial charge < -0.3 is 5.73 Å². The van der Waals surface area contributed by atoms with Gasteiger partial charge in [-0.1, -0.05) is 265 Å². The highest BCUT2D eigenvalue weighted by molar-refractivity contribution is 4.71. The molecule has 2 N–H and O–H groups in total. The summed E-state index contributed by atoms with van der Waals surface area (Å²) >= 11 is 0. The van der Waals surface area contributed by atoms with E-state index in [0.717, 1.165) is 18.4 Å². The highest BCUT2D eigenvalue weighted by atomic mass is 14.6. The summed E-state index contributed by atoms with van der Waals surface area (Å²) in [5.41, 5.74) is 6.22. The average molecular weight is 634 g/mol. The summed E-state index contributed by atoms with van der Waals surface area (Å²) < 4.78 is 0. The number of unbranched alkanes of at least 4 members (excludes halogenated alkanes) is 33. The van der Waals surface area contributed by atoms with Crippen molar-refractivity contribution >= 4 is 0 Å². The van der Waals surface area contributed by atoms with Gasteiger partial charge in [0.25, 0.3) is 0 Å². The third-order valence-electron chi connectivity index (χ3n) is 11.1. The van der Waals surface area contributed by atoms with E-state index in [1.54, 1.807) is 0 Å². The summed E-state index contributed by atoms with van der Waals surface area (Å²) in [6.45, 7) is 7.89. The lowest BCUT2D eigenvalue weighted by Crippen LogP contribution is -2.23. The van der Waals surface area contributed by atoms with Crippen LogP contribution < -0.4 is 5.73 Å². The topological polar surface area (TPSA) is 26.0 Å². The Bertz CT molecular complexity index is 497. The SMILES string of the molecule is CCCCCCCCCCCCCCCCCCCCCC(CCCCCCCCCCCCCCCCCC)C(CC)CN. The van der Waals surface area contributed by atoms with E-state index >= 15 is 0 Å². The minimum absolute atomic E-state index is 0.761. The summed E-state index contributed by atoms with van der Waals surface area (Å²) in [5, 5.41) is 0. The predicted molar refractivity (Wildman–Crippen MR) is 209 cm³/mol. The molecular formula is C44H91N. The lowest BCUT2D eigenvalue weighted by Gasteiger charge is -2.25. The first-order valence-corrected chi connectivity index (χ1v) is 22.0. The predicted octanol–water partition coefficient (Wildman–Crippen LogP) is 16.1. The first kappa shape index (κ1) is 45.0. The first-order chi connectivity index (χ1) is 22.3. The Morgan fingerprint density at radius 2 is 0.467 bits per heavy atom. The average Bonchev–Trinajstić information content (AvgIpc) is 3.05. The van der Waals surface area contributed by atoms with Crippen LogP contribution in [0.15, 0.2) is 0 Å². The zero-order chi connectivity index (χ0) is 32.7. The summed E-state index contributed by atoms with van der Waals surface area (Å²) in [6.07, 6.45) is 55.4. The monoisotopic (exact) mass is 634 g/mol. The molecule has 0 aliphatic carbocycles. The lowest BCUT2D eigenvalue weighted by molar-refractivity contribution is 0.275. The largest absolute Gasteiger partial charge is 0.330 e. The number of hydrogen-bond acceptors (Lipinski definition) is 1. The molecule has 0 bridgehead atoms. The van der Waals surface area contributed by atoms with Crippen molar-refractivity contribution in [2.75, 3.05) is 6.54 Å². The van der Waals surface area contributed by atoms with Crippen molar-refractivity contribution in [3.8, 4) is 0 Å². The molecule has 0 fully saturated rings. The van der Waals surface area contributed by atoms with Crippen LogP contribution in [-0.2, 0) is 0 Å². The molecule has 2 unspecified atom stereocenters. The molecule has 1 nitrogen and oxygen atoms in total. The summed E-state index contributed by atoms with van der Waals surface area (Å²) in [5.74, 6) is 1.65. The maximum Gasteiger partial charge on any atom is -0.00463 e. The van der Waals surface area contributed by atoms with Gasteiger partial charge in [0, 0.05) is 0 Å². The van der Waals surface area contributed by atoms with Crippen LogP contribution in [0.4, 0.5) is 0 Å². The molecule has 0 aliphatic heterocycles. The smallest absolute Gasteiger partial charge is 0.00463 e. The fourth-order valence-electron chi connectivity index (χ4n) is 7.75. The van der Waals surface area contributed by atoms with Gasteiger partial charge in [-0.15, -0.1) is 0 Å². The maximum atomic E-state index is 6.22. The van der Waals surface area contributed by atoms with Gasteiger partial charge in [-0.25, -0.2) is 0 Å². The van der Waals surface area contributed by atoms with E-state index in [1.807, 2.05) is 0 Å². The Morgan fingerprint density at radius 1 is 0.267 bits per heavy atom. The Balaban J connectivity index is 3.55. The highest BCUT2D eigenvalue weighted by Gasteiger charge is 2.18. The molecule has 0 aromatic rings. The number of hydrogen-bond donors (Lipinski definition) is 1. The van der Waals surface area contributed by atoms with Gasteiger partial charge in [0.15, 0.2) is 0 Å². The molecule has 0 radical (unpaired) electrons. The van der Waals surface area contributed by atoms with E-state index in [-0.39, 0.29) is 0 Å². The van der Waals surface area contributed by atoms with Gasteiger partial charge in [-0.3, -0.25) is 0 Å². The molecule has 0 aromatic carbocycles. The molecule has 0 aliphatic rings. The van der Waals surface area contributed by atoms with Crippen LogP contribution in [0.3, 0.4) is 0 Å². The molecule has 0 saturated heterocycles. The van der Waals surface area contributed by atoms with Gasteiger partial charge in [0.2, 0.25) is 0 Å². The van der Waals surface area contributed by atoms with E-state index in [4.69, 9.17) is 5.73 Å². The minimum atomic E-state index is 0.761. The minimum Gasteiger partial charge on any atom is -0.330 e. The van der Waals surface area contributed by atoms with Crippen LogP contribution in [-0.4, -0.2) is 6.54 Å². The molecule has 1 heteroatoms. The fourth-order valence-corrected chi connectivity index (χ4v) is 7.75. The van der Waals surface area contributed by atoms with Crippen LogP contribution in [0.25, 0.3) is 0 Å². The van der Waals surface area contributed by atoms with Crippen molar-refractivity contribution in [1.29, 1.82) is 0 Å². The molecule has 272 valence electrons. The van der Waals surface area contributed by atoms with Gasteiger partial charge in [0.05, 0.1) is 0 Å². The molecule has 0 heterocycles. The van der Waals surface area contributed by atoms with Crippen molar-refractivity contribution < 1.29 is 0 Å². The highest BCUT2D eigenvalue weighted by Crippen LogP contribution is 2.28. The fraction of sp³-hybridized carbons (Fsp3) is 1.00. The van der Waals surface area contributed by atoms with Gasteiger partial charge in [-0.05, 0) is 18.4 Å². The van der Waals surface area contributed by atoms with Gasteiger partial charge in [0.1, 0.15) is 0 Å². The second-order valence-electron chi connectivity index (χ2n) is 15.4. The molecule has 0 aromatic heterocycles. The van der Waals surface area contributed by atoms with Gasteiger partial charge >= 0.3 is 0 Å². The summed E-state index contributed by atoms with van der Waals surface area (Å²) in [4.78, 5) is 0. The number of nitrogens with two attached hydrogens (primary N) is 1. The zero-order valence-electron chi connectivity index (χ0n) is 32.3. The van der Waals surface area contributed by atoms with E-state index < -0.39 is 0 Å². The second kappa shape index (κ2) is 40.1. The molecular weight excluding hydrogens is 542 g/mol. The van der Waals surface area contributed by atoms with Crippen molar-refractivity contribution in [1.82, 2.24) is 0 Å². The zero-order valence-corrected chi connectivity index (χ0v) is 32.3. The Hall–Kier alpha value is -0.0400. The van der Waals surface area contributed by atoms with E-state index in [0.29, 0.717) is 0 Å². The third kappa shape index (κ3) is 35.1. The van der Waals surface area contributed by atoms with Crippen LogP contribution >= 0.6 is 0 Å². The van der Waals surface area contributed by atoms with Crippen LogP contribution in [0.5, 0.6) is 0 Å². The quantitative estimate of drug-likeness (QED) is 0.0667. The van der Waals surface area contributed by atoms with E-state index in [2.05, 4.69) is 20.8 Å². The Labute approximate surface area is 288 Å². The van der Waals surface area contributed by atoms with Gasteiger partial charge in [-0.2, -0.15) is 0 Å². The summed E-state index contributed by atoms with van der Waals surface area (Å²) in [6, 6.07) is 0. The van der Waals surface area contributed by atoms with Crippen molar-refractivity contribution in [2.45, 2.75) is 265 Å². The van der Waals surface area contributed by atoms with Crippen molar-refractivity contribution in [3.63, 3.8) is 0 Å². The molecule has 0 spiro atoms. The third-order valence-corrected chi connectivity index (χ3v) is 11.1. The van der Waals surface area contributed by atoms with Crippen LogP contribution in [0, 0.1) is 11.8 Å². The van der Waals surface area contributed by atoms with Crippen LogP contribution in [0.2, 0.25) is 0 Å². The van der Waals surface area contributed by atoms with E-state index in [1.165, 1.54) is 244 Å².